The molecule has 2 unspecified atom stereocenters. The van der Waals surface area contributed by atoms with Gasteiger partial charge in [0, 0.05) is 11.1 Å². The molecule has 20 heavy (non-hydrogen) atoms. The Morgan fingerprint density at radius 2 is 2.10 bits per heavy atom. The summed E-state index contributed by atoms with van der Waals surface area (Å²) in [6, 6.07) is 5.21. The van der Waals surface area contributed by atoms with E-state index in [1.54, 1.807) is 18.2 Å². The summed E-state index contributed by atoms with van der Waals surface area (Å²) in [7, 11) is 0. The highest BCUT2D eigenvalue weighted by atomic mass is 35.5. The molecule has 0 spiro atoms. The third-order valence-corrected chi connectivity index (χ3v) is 4.24. The summed E-state index contributed by atoms with van der Waals surface area (Å²) in [5.41, 5.74) is 0. The van der Waals surface area contributed by atoms with Crippen molar-refractivity contribution in [2.24, 2.45) is 5.92 Å². The van der Waals surface area contributed by atoms with Crippen LogP contribution in [-0.4, -0.2) is 18.6 Å². The van der Waals surface area contributed by atoms with Gasteiger partial charge in [-0.1, -0.05) is 43.0 Å². The summed E-state index contributed by atoms with van der Waals surface area (Å²) in [6.07, 6.45) is 4.66. The van der Waals surface area contributed by atoms with E-state index in [9.17, 15) is 4.79 Å². The first-order valence-corrected chi connectivity index (χ1v) is 7.69. The van der Waals surface area contributed by atoms with Crippen LogP contribution in [0.3, 0.4) is 0 Å². The van der Waals surface area contributed by atoms with E-state index in [0.717, 1.165) is 6.42 Å². The van der Waals surface area contributed by atoms with E-state index in [1.165, 1.54) is 19.3 Å². The average Bonchev–Trinajstić information content (AvgIpc) is 2.40. The Hall–Kier alpha value is -0.930. The van der Waals surface area contributed by atoms with Crippen molar-refractivity contribution in [3.8, 4) is 5.75 Å². The molecule has 1 fully saturated rings. The van der Waals surface area contributed by atoms with Gasteiger partial charge in [-0.3, -0.25) is 4.79 Å². The number of benzene rings is 1. The van der Waals surface area contributed by atoms with E-state index >= 15 is 0 Å². The molecular weight excluding hydrogens is 297 g/mol. The van der Waals surface area contributed by atoms with Gasteiger partial charge in [0.2, 0.25) is 0 Å². The highest BCUT2D eigenvalue weighted by Gasteiger charge is 2.22. The minimum atomic E-state index is -0.102. The molecule has 1 aromatic rings. The van der Waals surface area contributed by atoms with Gasteiger partial charge in [0.25, 0.3) is 5.91 Å². The van der Waals surface area contributed by atoms with Crippen molar-refractivity contribution in [1.82, 2.24) is 5.32 Å². The van der Waals surface area contributed by atoms with E-state index in [2.05, 4.69) is 12.2 Å². The Bertz CT molecular complexity index is 479. The van der Waals surface area contributed by atoms with Crippen LogP contribution in [0.1, 0.15) is 32.6 Å². The zero-order chi connectivity index (χ0) is 14.5. The molecule has 0 saturated heterocycles. The summed E-state index contributed by atoms with van der Waals surface area (Å²) in [5.74, 6) is 0.907. The lowest BCUT2D eigenvalue weighted by Gasteiger charge is -2.29. The maximum atomic E-state index is 11.9. The maximum Gasteiger partial charge on any atom is 0.258 e. The molecule has 2 rings (SSSR count). The molecule has 0 aromatic heterocycles. The number of amides is 1. The van der Waals surface area contributed by atoms with Crippen LogP contribution in [0.25, 0.3) is 0 Å². The first-order valence-electron chi connectivity index (χ1n) is 6.93. The summed E-state index contributed by atoms with van der Waals surface area (Å²) < 4.78 is 5.43. The molecular formula is C15H19Cl2NO2. The Morgan fingerprint density at radius 1 is 1.35 bits per heavy atom. The largest absolute Gasteiger partial charge is 0.482 e. The van der Waals surface area contributed by atoms with Crippen LogP contribution in [-0.2, 0) is 4.79 Å². The minimum Gasteiger partial charge on any atom is -0.482 e. The number of hydrogen-bond donors (Lipinski definition) is 1. The fourth-order valence-electron chi connectivity index (χ4n) is 2.51. The van der Waals surface area contributed by atoms with Gasteiger partial charge in [-0.25, -0.2) is 0 Å². The van der Waals surface area contributed by atoms with E-state index in [0.29, 0.717) is 21.7 Å². The third-order valence-electron chi connectivity index (χ3n) is 3.71. The predicted molar refractivity (Wildman–Crippen MR) is 81.5 cm³/mol. The van der Waals surface area contributed by atoms with Crippen LogP contribution in [0.5, 0.6) is 5.75 Å². The molecule has 5 heteroatoms. The van der Waals surface area contributed by atoms with Crippen molar-refractivity contribution >= 4 is 29.1 Å². The van der Waals surface area contributed by atoms with Crippen LogP contribution in [0.4, 0.5) is 0 Å². The number of rotatable bonds is 4. The maximum absolute atomic E-state index is 11.9. The predicted octanol–water partition coefficient (Wildman–Crippen LogP) is 4.07. The Labute approximate surface area is 129 Å². The quantitative estimate of drug-likeness (QED) is 0.909. The topological polar surface area (TPSA) is 38.3 Å². The van der Waals surface area contributed by atoms with Crippen molar-refractivity contribution < 1.29 is 9.53 Å². The molecule has 3 nitrogen and oxygen atoms in total. The van der Waals surface area contributed by atoms with Crippen molar-refractivity contribution in [3.05, 3.63) is 28.2 Å². The molecule has 0 heterocycles. The summed E-state index contributed by atoms with van der Waals surface area (Å²) >= 11 is 11.8. The van der Waals surface area contributed by atoms with Crippen LogP contribution in [0.15, 0.2) is 18.2 Å². The molecule has 110 valence electrons. The molecule has 1 aliphatic carbocycles. The lowest BCUT2D eigenvalue weighted by Crippen LogP contribution is -2.43. The second kappa shape index (κ2) is 7.19. The van der Waals surface area contributed by atoms with Gasteiger partial charge in [0.1, 0.15) is 5.75 Å². The Morgan fingerprint density at radius 3 is 2.80 bits per heavy atom. The highest BCUT2D eigenvalue weighted by Crippen LogP contribution is 2.27. The minimum absolute atomic E-state index is 0.0232. The van der Waals surface area contributed by atoms with Crippen LogP contribution < -0.4 is 10.1 Å². The number of carbonyl (C=O) groups is 1. The second-order valence-electron chi connectivity index (χ2n) is 5.30. The monoisotopic (exact) mass is 315 g/mol. The van der Waals surface area contributed by atoms with E-state index < -0.39 is 0 Å². The number of hydrogen-bond acceptors (Lipinski definition) is 2. The number of carbonyl (C=O) groups excluding carboxylic acids is 1. The fourth-order valence-corrected chi connectivity index (χ4v) is 2.98. The Kier molecular flexibility index (Phi) is 5.55. The van der Waals surface area contributed by atoms with Gasteiger partial charge in [-0.15, -0.1) is 0 Å². The SMILES string of the molecule is CC1CCCCC1NC(=O)COc1ccc(Cl)cc1Cl. The highest BCUT2D eigenvalue weighted by molar-refractivity contribution is 6.35. The van der Waals surface area contributed by atoms with E-state index in [1.807, 2.05) is 0 Å². The van der Waals surface area contributed by atoms with Crippen molar-refractivity contribution in [2.75, 3.05) is 6.61 Å². The van der Waals surface area contributed by atoms with E-state index in [4.69, 9.17) is 27.9 Å². The van der Waals surface area contributed by atoms with Gasteiger partial charge < -0.3 is 10.1 Å². The van der Waals surface area contributed by atoms with Crippen molar-refractivity contribution in [1.29, 1.82) is 0 Å². The third kappa shape index (κ3) is 4.29. The molecule has 2 atom stereocenters. The van der Waals surface area contributed by atoms with Gasteiger partial charge in [0.15, 0.2) is 6.61 Å². The first kappa shape index (κ1) is 15.5. The van der Waals surface area contributed by atoms with E-state index in [-0.39, 0.29) is 18.6 Å². The zero-order valence-corrected chi connectivity index (χ0v) is 13.0. The zero-order valence-electron chi connectivity index (χ0n) is 11.5. The summed E-state index contributed by atoms with van der Waals surface area (Å²) in [6.45, 7) is 2.16. The lowest BCUT2D eigenvalue weighted by molar-refractivity contribution is -0.124. The number of ether oxygens (including phenoxy) is 1. The normalized spacial score (nSPS) is 22.4. The van der Waals surface area contributed by atoms with Crippen LogP contribution in [0, 0.1) is 5.92 Å². The lowest BCUT2D eigenvalue weighted by atomic mass is 9.86. The van der Waals surface area contributed by atoms with Gasteiger partial charge in [-0.05, 0) is 37.0 Å². The van der Waals surface area contributed by atoms with Crippen molar-refractivity contribution in [3.63, 3.8) is 0 Å². The molecule has 1 amide bonds. The van der Waals surface area contributed by atoms with Gasteiger partial charge in [-0.2, -0.15) is 0 Å². The first-order chi connectivity index (χ1) is 9.56. The molecule has 1 aliphatic rings. The summed E-state index contributed by atoms with van der Waals surface area (Å²) in [5, 5.41) is 3.99. The van der Waals surface area contributed by atoms with Crippen molar-refractivity contribution in [2.45, 2.75) is 38.6 Å². The molecule has 1 saturated carbocycles. The number of nitrogens with one attached hydrogen (secondary N) is 1. The van der Waals surface area contributed by atoms with Gasteiger partial charge >= 0.3 is 0 Å². The second-order valence-corrected chi connectivity index (χ2v) is 6.14. The smallest absolute Gasteiger partial charge is 0.258 e. The summed E-state index contributed by atoms with van der Waals surface area (Å²) in [4.78, 5) is 11.9. The molecule has 0 bridgehead atoms. The van der Waals surface area contributed by atoms with Gasteiger partial charge in [0.05, 0.1) is 5.02 Å². The van der Waals surface area contributed by atoms with Crippen LogP contribution in [0.2, 0.25) is 10.0 Å². The average molecular weight is 316 g/mol. The van der Waals surface area contributed by atoms with Crippen LogP contribution >= 0.6 is 23.2 Å². The molecule has 0 radical (unpaired) electrons. The number of halogens is 2. The fraction of sp³-hybridized carbons (Fsp3) is 0.533. The molecule has 1 N–H and O–H groups in total. The molecule has 1 aromatic carbocycles. The Balaban J connectivity index is 1.82. The molecule has 0 aliphatic heterocycles. The standard InChI is InChI=1S/C15H19Cl2NO2/c1-10-4-2-3-5-13(10)18-15(19)9-20-14-7-6-11(16)8-12(14)17/h6-8,10,13H,2-5,9H2,1H3,(H,18,19).